The zero-order valence-corrected chi connectivity index (χ0v) is 16.0. The number of esters is 1. The van der Waals surface area contributed by atoms with Gasteiger partial charge in [-0.3, -0.25) is 0 Å². The van der Waals surface area contributed by atoms with Crippen LogP contribution >= 0.6 is 0 Å². The molecule has 0 bridgehead atoms. The minimum atomic E-state index is -0.292. The van der Waals surface area contributed by atoms with Gasteiger partial charge in [0.2, 0.25) is 5.52 Å². The first-order valence-electron chi connectivity index (χ1n) is 9.87. The summed E-state index contributed by atoms with van der Waals surface area (Å²) < 4.78 is 7.50. The number of carbonyl (C=O) groups excluding carboxylic acids is 1. The molecule has 0 amide bonds. The summed E-state index contributed by atoms with van der Waals surface area (Å²) in [4.78, 5) is 13.2. The zero-order valence-electron chi connectivity index (χ0n) is 16.0. The number of hydrogen-bond acceptors (Lipinski definition) is 2. The number of carbonyl (C=O) groups is 1. The van der Waals surface area contributed by atoms with Crippen molar-refractivity contribution in [1.82, 2.24) is 0 Å². The quantitative estimate of drug-likeness (QED) is 0.225. The lowest BCUT2D eigenvalue weighted by molar-refractivity contribution is -0.513. The molecule has 3 aromatic carbocycles. The molecule has 2 heterocycles. The summed E-state index contributed by atoms with van der Waals surface area (Å²) in [5.41, 5.74) is 5.93. The van der Waals surface area contributed by atoms with E-state index in [-0.39, 0.29) is 5.97 Å². The Morgan fingerprint density at radius 1 is 0.862 bits per heavy atom. The van der Waals surface area contributed by atoms with Gasteiger partial charge in [-0.15, -0.1) is 0 Å². The van der Waals surface area contributed by atoms with Gasteiger partial charge in [0.1, 0.15) is 0 Å². The van der Waals surface area contributed by atoms with E-state index in [1.54, 1.807) is 0 Å². The normalized spacial score (nSPS) is 11.9. The molecule has 0 aliphatic heterocycles. The second-order valence-electron chi connectivity index (χ2n) is 7.37. The number of nitrogens with zero attached hydrogens (tertiary/aromatic N) is 1. The van der Waals surface area contributed by atoms with Crippen LogP contribution in [0.3, 0.4) is 0 Å². The summed E-state index contributed by atoms with van der Waals surface area (Å²) >= 11 is 0. The Labute approximate surface area is 167 Å². The highest BCUT2D eigenvalue weighted by Gasteiger charge is 2.35. The SMILES string of the molecule is CCOC(=O)c1c2c(cc3c4ccccc4cc[n+]13)-c1cccc3cccc-2c13. The lowest BCUT2D eigenvalue weighted by Crippen LogP contribution is -2.32. The van der Waals surface area contributed by atoms with Crippen LogP contribution < -0.4 is 4.40 Å². The Morgan fingerprint density at radius 3 is 2.45 bits per heavy atom. The first-order valence-corrected chi connectivity index (χ1v) is 9.87. The van der Waals surface area contributed by atoms with Crippen molar-refractivity contribution in [3.8, 4) is 22.3 Å². The van der Waals surface area contributed by atoms with E-state index in [1.807, 2.05) is 29.7 Å². The molecule has 29 heavy (non-hydrogen) atoms. The molecule has 3 heteroatoms. The van der Waals surface area contributed by atoms with Gasteiger partial charge in [-0.1, -0.05) is 54.6 Å². The molecule has 2 aromatic heterocycles. The molecule has 5 aromatic rings. The monoisotopic (exact) mass is 376 g/mol. The van der Waals surface area contributed by atoms with Gasteiger partial charge in [0.25, 0.3) is 0 Å². The fourth-order valence-electron chi connectivity index (χ4n) is 4.70. The minimum absolute atomic E-state index is 0.292. The van der Waals surface area contributed by atoms with E-state index in [0.29, 0.717) is 12.3 Å². The van der Waals surface area contributed by atoms with Gasteiger partial charge in [0, 0.05) is 17.7 Å². The Kier molecular flexibility index (Phi) is 3.30. The molecule has 6 rings (SSSR count). The van der Waals surface area contributed by atoms with Crippen molar-refractivity contribution in [2.24, 2.45) is 0 Å². The van der Waals surface area contributed by atoms with E-state index < -0.39 is 0 Å². The number of rotatable bonds is 2. The van der Waals surface area contributed by atoms with Crippen molar-refractivity contribution in [1.29, 1.82) is 0 Å². The molecule has 0 radical (unpaired) electrons. The molecule has 0 spiro atoms. The lowest BCUT2D eigenvalue weighted by atomic mass is 10.00. The van der Waals surface area contributed by atoms with Gasteiger partial charge in [-0.25, -0.2) is 4.79 Å². The first kappa shape index (κ1) is 16.3. The number of hydrogen-bond donors (Lipinski definition) is 0. The van der Waals surface area contributed by atoms with Gasteiger partial charge < -0.3 is 4.74 Å². The van der Waals surface area contributed by atoms with Crippen molar-refractivity contribution >= 4 is 33.0 Å². The maximum atomic E-state index is 13.2. The zero-order chi connectivity index (χ0) is 19.5. The van der Waals surface area contributed by atoms with Crippen LogP contribution in [0.1, 0.15) is 17.4 Å². The van der Waals surface area contributed by atoms with Gasteiger partial charge >= 0.3 is 11.7 Å². The second-order valence-corrected chi connectivity index (χ2v) is 7.37. The van der Waals surface area contributed by atoms with E-state index in [2.05, 4.69) is 60.7 Å². The average molecular weight is 376 g/mol. The highest BCUT2D eigenvalue weighted by Crippen LogP contribution is 2.48. The van der Waals surface area contributed by atoms with Crippen molar-refractivity contribution < 1.29 is 13.9 Å². The van der Waals surface area contributed by atoms with Gasteiger partial charge in [-0.05, 0) is 40.3 Å². The molecule has 1 aliphatic carbocycles. The Morgan fingerprint density at radius 2 is 1.62 bits per heavy atom. The third-order valence-corrected chi connectivity index (χ3v) is 5.86. The fraction of sp³-hybridized carbons (Fsp3) is 0.0769. The van der Waals surface area contributed by atoms with E-state index >= 15 is 0 Å². The van der Waals surface area contributed by atoms with Crippen LogP contribution in [0, 0.1) is 0 Å². The minimum Gasteiger partial charge on any atom is -0.458 e. The Bertz CT molecular complexity index is 1480. The maximum absolute atomic E-state index is 13.2. The van der Waals surface area contributed by atoms with Crippen molar-refractivity contribution in [3.63, 3.8) is 0 Å². The largest absolute Gasteiger partial charge is 0.458 e. The molecule has 3 nitrogen and oxygen atoms in total. The lowest BCUT2D eigenvalue weighted by Gasteiger charge is -2.09. The first-order chi connectivity index (χ1) is 14.3. The molecule has 0 atom stereocenters. The van der Waals surface area contributed by atoms with Gasteiger partial charge in [0.05, 0.1) is 17.6 Å². The highest BCUT2D eigenvalue weighted by molar-refractivity contribution is 6.19. The van der Waals surface area contributed by atoms with E-state index in [0.717, 1.165) is 33.0 Å². The molecule has 0 fully saturated rings. The number of ether oxygens (including phenoxy) is 1. The summed E-state index contributed by atoms with van der Waals surface area (Å²) in [5.74, 6) is -0.292. The predicted octanol–water partition coefficient (Wildman–Crippen LogP) is 5.56. The van der Waals surface area contributed by atoms with Crippen LogP contribution in [0.5, 0.6) is 0 Å². The fourth-order valence-corrected chi connectivity index (χ4v) is 4.70. The number of pyridine rings is 2. The van der Waals surface area contributed by atoms with Crippen LogP contribution in [0.2, 0.25) is 0 Å². The van der Waals surface area contributed by atoms with E-state index in [1.165, 1.54) is 16.3 Å². The van der Waals surface area contributed by atoms with Crippen LogP contribution in [-0.2, 0) is 4.74 Å². The smallest absolute Gasteiger partial charge is 0.404 e. The van der Waals surface area contributed by atoms with Crippen LogP contribution in [0.25, 0.3) is 49.3 Å². The average Bonchev–Trinajstić information content (AvgIpc) is 3.08. The molecule has 1 aliphatic rings. The van der Waals surface area contributed by atoms with E-state index in [4.69, 9.17) is 4.74 Å². The molecular weight excluding hydrogens is 358 g/mol. The molecule has 0 N–H and O–H groups in total. The van der Waals surface area contributed by atoms with Crippen LogP contribution in [-0.4, -0.2) is 12.6 Å². The molecule has 0 unspecified atom stereocenters. The topological polar surface area (TPSA) is 30.4 Å². The van der Waals surface area contributed by atoms with Crippen molar-refractivity contribution in [2.45, 2.75) is 6.92 Å². The molecule has 0 saturated heterocycles. The second kappa shape index (κ2) is 5.89. The maximum Gasteiger partial charge on any atom is 0.404 e. The van der Waals surface area contributed by atoms with Crippen LogP contribution in [0.4, 0.5) is 0 Å². The van der Waals surface area contributed by atoms with Crippen molar-refractivity contribution in [3.05, 3.63) is 84.7 Å². The van der Waals surface area contributed by atoms with Crippen molar-refractivity contribution in [2.75, 3.05) is 6.61 Å². The Hall–Kier alpha value is -3.72. The number of benzene rings is 3. The standard InChI is InChI=1S/C26H18NO2/c1-2-29-26(28)25-24-20-12-6-9-17-8-5-11-19(23(17)20)21(24)15-22-18-10-4-3-7-16(18)13-14-27(22)25/h3-15H,2H2,1H3/q+1. The molecular formula is C26H18NO2+. The molecule has 138 valence electrons. The third kappa shape index (κ3) is 2.13. The molecule has 0 saturated carbocycles. The summed E-state index contributed by atoms with van der Waals surface area (Å²) in [6.07, 6.45) is 1.98. The summed E-state index contributed by atoms with van der Waals surface area (Å²) in [6.45, 7) is 2.19. The predicted molar refractivity (Wildman–Crippen MR) is 115 cm³/mol. The van der Waals surface area contributed by atoms with Crippen LogP contribution in [0.15, 0.2) is 79.0 Å². The van der Waals surface area contributed by atoms with Gasteiger partial charge in [-0.2, -0.15) is 4.40 Å². The highest BCUT2D eigenvalue weighted by atomic mass is 16.5. The Balaban J connectivity index is 1.85. The number of fused-ring (bicyclic) bond motifs is 6. The van der Waals surface area contributed by atoms with E-state index in [9.17, 15) is 4.79 Å². The number of aromatic nitrogens is 1. The summed E-state index contributed by atoms with van der Waals surface area (Å²) in [7, 11) is 0. The third-order valence-electron chi connectivity index (χ3n) is 5.86. The summed E-state index contributed by atoms with van der Waals surface area (Å²) in [5, 5.41) is 4.66. The summed E-state index contributed by atoms with van der Waals surface area (Å²) in [6, 6.07) is 25.2. The van der Waals surface area contributed by atoms with Gasteiger partial charge in [0.15, 0.2) is 6.20 Å².